The maximum Gasteiger partial charge on any atom is 0.334 e. The van der Waals surface area contributed by atoms with Crippen molar-refractivity contribution in [2.24, 2.45) is 0 Å². The lowest BCUT2D eigenvalue weighted by Gasteiger charge is -2.16. The number of carbonyl (C=O) groups excluding carboxylic acids is 1. The first-order valence-corrected chi connectivity index (χ1v) is 5.27. The number of benzene rings is 1. The minimum atomic E-state index is -0.495. The first kappa shape index (κ1) is 11.3. The van der Waals surface area contributed by atoms with Gasteiger partial charge in [0, 0.05) is 6.08 Å². The van der Waals surface area contributed by atoms with Gasteiger partial charge >= 0.3 is 5.97 Å². The van der Waals surface area contributed by atoms with E-state index in [1.807, 2.05) is 0 Å². The highest BCUT2D eigenvalue weighted by Crippen LogP contribution is 2.31. The summed E-state index contributed by atoms with van der Waals surface area (Å²) in [7, 11) is 0. The van der Waals surface area contributed by atoms with Crippen LogP contribution >= 0.6 is 0 Å². The number of allylic oxidation sites excluding steroid dienone is 1. The smallest absolute Gasteiger partial charge is 0.334 e. The molecule has 0 amide bonds. The monoisotopic (exact) mass is 232 g/mol. The molecule has 1 aromatic rings. The SMILES string of the molecule is CCOC(=O)/C=C1/C=C(O)c2ccccc2O1. The van der Waals surface area contributed by atoms with E-state index in [0.717, 1.165) is 0 Å². The molecule has 0 fully saturated rings. The number of aliphatic hydroxyl groups is 1. The van der Waals surface area contributed by atoms with E-state index < -0.39 is 5.97 Å². The van der Waals surface area contributed by atoms with Crippen LogP contribution in [0.1, 0.15) is 12.5 Å². The first-order chi connectivity index (χ1) is 8.20. The molecule has 1 N–H and O–H groups in total. The van der Waals surface area contributed by atoms with E-state index in [9.17, 15) is 9.90 Å². The molecule has 1 aromatic carbocycles. The van der Waals surface area contributed by atoms with Crippen molar-refractivity contribution in [2.75, 3.05) is 6.61 Å². The Hall–Kier alpha value is -2.23. The highest BCUT2D eigenvalue weighted by atomic mass is 16.5. The summed E-state index contributed by atoms with van der Waals surface area (Å²) in [5.74, 6) is 0.357. The quantitative estimate of drug-likeness (QED) is 0.628. The molecule has 88 valence electrons. The average molecular weight is 232 g/mol. The van der Waals surface area contributed by atoms with Gasteiger partial charge in [-0.3, -0.25) is 0 Å². The summed E-state index contributed by atoms with van der Waals surface area (Å²) < 4.78 is 10.2. The van der Waals surface area contributed by atoms with Crippen molar-refractivity contribution in [1.82, 2.24) is 0 Å². The molecule has 0 radical (unpaired) electrons. The fourth-order valence-corrected chi connectivity index (χ4v) is 1.51. The molecule has 1 aliphatic heterocycles. The van der Waals surface area contributed by atoms with E-state index in [0.29, 0.717) is 17.9 Å². The van der Waals surface area contributed by atoms with Gasteiger partial charge in [0.05, 0.1) is 18.2 Å². The van der Waals surface area contributed by atoms with Gasteiger partial charge in [-0.25, -0.2) is 4.79 Å². The van der Waals surface area contributed by atoms with Crippen LogP contribution in [0.15, 0.2) is 42.2 Å². The number of fused-ring (bicyclic) bond motifs is 1. The van der Waals surface area contributed by atoms with E-state index in [1.54, 1.807) is 31.2 Å². The molecular weight excluding hydrogens is 220 g/mol. The van der Waals surface area contributed by atoms with Crippen LogP contribution in [-0.2, 0) is 9.53 Å². The molecular formula is C13H12O4. The summed E-state index contributed by atoms with van der Waals surface area (Å²) in [6.45, 7) is 2.02. The molecule has 2 rings (SSSR count). The molecule has 4 heteroatoms. The molecule has 17 heavy (non-hydrogen) atoms. The van der Waals surface area contributed by atoms with Crippen LogP contribution in [-0.4, -0.2) is 17.7 Å². The lowest BCUT2D eigenvalue weighted by Crippen LogP contribution is -2.07. The van der Waals surface area contributed by atoms with E-state index in [4.69, 9.17) is 9.47 Å². The van der Waals surface area contributed by atoms with E-state index in [-0.39, 0.29) is 11.5 Å². The van der Waals surface area contributed by atoms with E-state index in [2.05, 4.69) is 0 Å². The second-order valence-corrected chi connectivity index (χ2v) is 3.43. The Balaban J connectivity index is 2.27. The van der Waals surface area contributed by atoms with Crippen LogP contribution in [0, 0.1) is 0 Å². The fraction of sp³-hybridized carbons (Fsp3) is 0.154. The minimum Gasteiger partial charge on any atom is -0.507 e. The highest BCUT2D eigenvalue weighted by molar-refractivity contribution is 5.84. The predicted molar refractivity (Wildman–Crippen MR) is 62.4 cm³/mol. The van der Waals surface area contributed by atoms with Gasteiger partial charge in [0.2, 0.25) is 0 Å². The summed E-state index contributed by atoms with van der Waals surface area (Å²) in [5.41, 5.74) is 0.605. The normalized spacial score (nSPS) is 15.8. The van der Waals surface area contributed by atoms with Gasteiger partial charge in [-0.05, 0) is 19.1 Å². The van der Waals surface area contributed by atoms with E-state index in [1.165, 1.54) is 12.2 Å². The van der Waals surface area contributed by atoms with Crippen LogP contribution in [0.5, 0.6) is 5.75 Å². The van der Waals surface area contributed by atoms with Gasteiger partial charge in [0.15, 0.2) is 0 Å². The van der Waals surface area contributed by atoms with Gasteiger partial charge in [-0.1, -0.05) is 12.1 Å². The van der Waals surface area contributed by atoms with Crippen molar-refractivity contribution in [2.45, 2.75) is 6.92 Å². The molecule has 0 aliphatic carbocycles. The Bertz CT molecular complexity index is 500. The summed E-state index contributed by atoms with van der Waals surface area (Å²) in [5, 5.41) is 9.76. The van der Waals surface area contributed by atoms with Crippen LogP contribution in [0.2, 0.25) is 0 Å². The lowest BCUT2D eigenvalue weighted by molar-refractivity contribution is -0.137. The fourth-order valence-electron chi connectivity index (χ4n) is 1.51. The van der Waals surface area contributed by atoms with Crippen LogP contribution < -0.4 is 4.74 Å². The zero-order valence-electron chi connectivity index (χ0n) is 9.34. The van der Waals surface area contributed by atoms with Crippen LogP contribution in [0.3, 0.4) is 0 Å². The van der Waals surface area contributed by atoms with Crippen molar-refractivity contribution < 1.29 is 19.4 Å². The number of ether oxygens (including phenoxy) is 2. The second-order valence-electron chi connectivity index (χ2n) is 3.43. The molecule has 0 unspecified atom stereocenters. The summed E-state index contributed by atoms with van der Waals surface area (Å²) in [6.07, 6.45) is 2.59. The number of esters is 1. The van der Waals surface area contributed by atoms with E-state index >= 15 is 0 Å². The minimum absolute atomic E-state index is 0.0717. The topological polar surface area (TPSA) is 55.8 Å². The van der Waals surface area contributed by atoms with Gasteiger partial charge in [0.25, 0.3) is 0 Å². The zero-order valence-corrected chi connectivity index (χ0v) is 9.34. The van der Waals surface area contributed by atoms with Crippen molar-refractivity contribution in [3.63, 3.8) is 0 Å². The molecule has 0 saturated heterocycles. The molecule has 0 aromatic heterocycles. The van der Waals surface area contributed by atoms with Crippen molar-refractivity contribution in [1.29, 1.82) is 0 Å². The second kappa shape index (κ2) is 4.74. The summed E-state index contributed by atoms with van der Waals surface area (Å²) in [6, 6.07) is 7.05. The number of hydrogen-bond donors (Lipinski definition) is 1. The molecule has 0 spiro atoms. The van der Waals surface area contributed by atoms with Crippen molar-refractivity contribution >= 4 is 11.7 Å². The summed E-state index contributed by atoms with van der Waals surface area (Å²) in [4.78, 5) is 11.2. The zero-order chi connectivity index (χ0) is 12.3. The first-order valence-electron chi connectivity index (χ1n) is 5.27. The maximum atomic E-state index is 11.2. The van der Waals surface area contributed by atoms with Gasteiger partial charge in [-0.15, -0.1) is 0 Å². The van der Waals surface area contributed by atoms with Gasteiger partial charge in [-0.2, -0.15) is 0 Å². The predicted octanol–water partition coefficient (Wildman–Crippen LogP) is 2.42. The van der Waals surface area contributed by atoms with Crippen molar-refractivity contribution in [3.05, 3.63) is 47.7 Å². The number of para-hydroxylation sites is 1. The lowest BCUT2D eigenvalue weighted by atomic mass is 10.1. The number of hydrogen-bond acceptors (Lipinski definition) is 4. The Morgan fingerprint density at radius 3 is 3.00 bits per heavy atom. The third-order valence-electron chi connectivity index (χ3n) is 2.22. The molecule has 0 atom stereocenters. The van der Waals surface area contributed by atoms with Gasteiger partial charge < -0.3 is 14.6 Å². The Kier molecular flexibility index (Phi) is 3.14. The molecule has 0 bridgehead atoms. The highest BCUT2D eigenvalue weighted by Gasteiger charge is 2.16. The number of carbonyl (C=O) groups is 1. The standard InChI is InChI=1S/C13H12O4/c1-2-16-13(15)8-9-7-11(14)10-5-3-4-6-12(10)17-9/h3-8,14H,2H2,1H3/b9-8-. The average Bonchev–Trinajstić information content (AvgIpc) is 2.29. The van der Waals surface area contributed by atoms with Crippen LogP contribution in [0.4, 0.5) is 0 Å². The van der Waals surface area contributed by atoms with Crippen LogP contribution in [0.25, 0.3) is 5.76 Å². The molecule has 4 nitrogen and oxygen atoms in total. The largest absolute Gasteiger partial charge is 0.507 e. The Morgan fingerprint density at radius 1 is 1.47 bits per heavy atom. The Morgan fingerprint density at radius 2 is 2.24 bits per heavy atom. The molecule has 1 aliphatic rings. The van der Waals surface area contributed by atoms with Gasteiger partial charge in [0.1, 0.15) is 17.3 Å². The third kappa shape index (κ3) is 2.47. The third-order valence-corrected chi connectivity index (χ3v) is 2.22. The molecule has 0 saturated carbocycles. The number of rotatable bonds is 2. The molecule has 1 heterocycles. The Labute approximate surface area is 98.8 Å². The summed E-state index contributed by atoms with van der Waals surface area (Å²) >= 11 is 0. The maximum absolute atomic E-state index is 11.2. The van der Waals surface area contributed by atoms with Crippen molar-refractivity contribution in [3.8, 4) is 5.75 Å². The number of aliphatic hydroxyl groups excluding tert-OH is 1.